The Labute approximate surface area is 186 Å². The van der Waals surface area contributed by atoms with E-state index in [1.807, 2.05) is 12.1 Å². The van der Waals surface area contributed by atoms with Crippen LogP contribution in [0.2, 0.25) is 0 Å². The quantitative estimate of drug-likeness (QED) is 0.210. The molecule has 1 atom stereocenters. The zero-order valence-electron chi connectivity index (χ0n) is 16.5. The van der Waals surface area contributed by atoms with Crippen LogP contribution in [0.15, 0.2) is 29.3 Å². The van der Waals surface area contributed by atoms with Gasteiger partial charge in [-0.2, -0.15) is 13.2 Å². The molecule has 1 heterocycles. The molecule has 0 aliphatic carbocycles. The Kier molecular flexibility index (Phi) is 12.5. The minimum absolute atomic E-state index is 0. The first-order chi connectivity index (χ1) is 13.5. The van der Waals surface area contributed by atoms with Crippen molar-refractivity contribution in [3.05, 3.63) is 35.4 Å². The Morgan fingerprint density at radius 1 is 1.21 bits per heavy atom. The molecule has 6 nitrogen and oxygen atoms in total. The Hall–Kier alpha value is -1.11. The highest BCUT2D eigenvalue weighted by Crippen LogP contribution is 2.15. The highest BCUT2D eigenvalue weighted by atomic mass is 127. The summed E-state index contributed by atoms with van der Waals surface area (Å²) in [6.45, 7) is 2.13. The second kappa shape index (κ2) is 14.0. The molecule has 1 saturated heterocycles. The average molecular weight is 531 g/mol. The van der Waals surface area contributed by atoms with Crippen molar-refractivity contribution < 1.29 is 27.4 Å². The smallest absolute Gasteiger partial charge is 0.379 e. The number of rotatable bonds is 10. The molecule has 1 aliphatic heterocycles. The Balaban J connectivity index is 0.00000420. The molecule has 2 rings (SSSR count). The predicted octanol–water partition coefficient (Wildman–Crippen LogP) is 3.24. The maximum absolute atomic E-state index is 12.1. The van der Waals surface area contributed by atoms with E-state index >= 15 is 0 Å². The maximum atomic E-state index is 12.1. The van der Waals surface area contributed by atoms with E-state index in [-0.39, 0.29) is 36.7 Å². The fraction of sp³-hybridized carbons (Fsp3) is 0.632. The molecule has 10 heteroatoms. The maximum Gasteiger partial charge on any atom is 0.411 e. The summed E-state index contributed by atoms with van der Waals surface area (Å²) in [5.74, 6) is 0.682. The molecule has 0 radical (unpaired) electrons. The van der Waals surface area contributed by atoms with Gasteiger partial charge in [0.15, 0.2) is 5.96 Å². The summed E-state index contributed by atoms with van der Waals surface area (Å²) >= 11 is 0. The zero-order valence-corrected chi connectivity index (χ0v) is 18.8. The SMILES string of the molecule is CN=C(NCCCOC1CCOC1)NCc1ccc(COCC(F)(F)F)cc1.I. The van der Waals surface area contributed by atoms with Crippen molar-refractivity contribution >= 4 is 29.9 Å². The van der Waals surface area contributed by atoms with Crippen LogP contribution in [0.5, 0.6) is 0 Å². The summed E-state index contributed by atoms with van der Waals surface area (Å²) in [5.41, 5.74) is 1.69. The fourth-order valence-electron chi connectivity index (χ4n) is 2.62. The molecule has 166 valence electrons. The fourth-order valence-corrected chi connectivity index (χ4v) is 2.62. The first kappa shape index (κ1) is 25.9. The molecular weight excluding hydrogens is 502 g/mol. The molecule has 1 aromatic rings. The van der Waals surface area contributed by atoms with Crippen molar-refractivity contribution in [1.29, 1.82) is 0 Å². The van der Waals surface area contributed by atoms with Gasteiger partial charge in [-0.1, -0.05) is 24.3 Å². The molecule has 1 fully saturated rings. The second-order valence-corrected chi connectivity index (χ2v) is 6.49. The molecule has 0 spiro atoms. The van der Waals surface area contributed by atoms with Crippen molar-refractivity contribution in [1.82, 2.24) is 10.6 Å². The highest BCUT2D eigenvalue weighted by molar-refractivity contribution is 14.0. The van der Waals surface area contributed by atoms with E-state index in [2.05, 4.69) is 20.4 Å². The van der Waals surface area contributed by atoms with Gasteiger partial charge in [-0.25, -0.2) is 0 Å². The van der Waals surface area contributed by atoms with Gasteiger partial charge in [0.1, 0.15) is 6.61 Å². The summed E-state index contributed by atoms with van der Waals surface area (Å²) in [7, 11) is 1.70. The van der Waals surface area contributed by atoms with Gasteiger partial charge in [-0.3, -0.25) is 4.99 Å². The molecule has 29 heavy (non-hydrogen) atoms. The van der Waals surface area contributed by atoms with E-state index in [9.17, 15) is 13.2 Å². The Morgan fingerprint density at radius 2 is 1.93 bits per heavy atom. The lowest BCUT2D eigenvalue weighted by Gasteiger charge is -2.13. The van der Waals surface area contributed by atoms with Gasteiger partial charge in [0, 0.05) is 33.4 Å². The van der Waals surface area contributed by atoms with Gasteiger partial charge < -0.3 is 24.8 Å². The number of hydrogen-bond donors (Lipinski definition) is 2. The van der Waals surface area contributed by atoms with Gasteiger partial charge in [0.25, 0.3) is 0 Å². The first-order valence-electron chi connectivity index (χ1n) is 9.32. The monoisotopic (exact) mass is 531 g/mol. The van der Waals surface area contributed by atoms with E-state index in [0.717, 1.165) is 31.6 Å². The minimum atomic E-state index is -4.30. The average Bonchev–Trinajstić information content (AvgIpc) is 3.17. The number of nitrogens with one attached hydrogen (secondary N) is 2. The molecule has 0 saturated carbocycles. The van der Waals surface area contributed by atoms with Gasteiger partial charge >= 0.3 is 6.18 Å². The third-order valence-corrected chi connectivity index (χ3v) is 4.10. The topological polar surface area (TPSA) is 64.1 Å². The number of ether oxygens (including phenoxy) is 3. The second-order valence-electron chi connectivity index (χ2n) is 6.49. The number of guanidine groups is 1. The van der Waals surface area contributed by atoms with Crippen LogP contribution in [0.1, 0.15) is 24.0 Å². The number of hydrogen-bond acceptors (Lipinski definition) is 4. The zero-order chi connectivity index (χ0) is 20.2. The number of nitrogens with zero attached hydrogens (tertiary/aromatic N) is 1. The summed E-state index contributed by atoms with van der Waals surface area (Å²) in [6.07, 6.45) is -2.25. The van der Waals surface area contributed by atoms with Crippen LogP contribution in [-0.4, -0.2) is 58.3 Å². The van der Waals surface area contributed by atoms with Crippen LogP contribution in [0, 0.1) is 0 Å². The minimum Gasteiger partial charge on any atom is -0.379 e. The summed E-state index contributed by atoms with van der Waals surface area (Å²) in [4.78, 5) is 4.17. The van der Waals surface area contributed by atoms with Crippen LogP contribution in [0.3, 0.4) is 0 Å². The molecule has 0 amide bonds. The molecule has 2 N–H and O–H groups in total. The van der Waals surface area contributed by atoms with Crippen LogP contribution >= 0.6 is 24.0 Å². The lowest BCUT2D eigenvalue weighted by molar-refractivity contribution is -0.176. The molecule has 1 unspecified atom stereocenters. The molecule has 1 aromatic carbocycles. The number of aliphatic imine (C=N–C) groups is 1. The third kappa shape index (κ3) is 11.6. The number of halogens is 4. The lowest BCUT2D eigenvalue weighted by Crippen LogP contribution is -2.37. The van der Waals surface area contributed by atoms with Crippen LogP contribution in [0.25, 0.3) is 0 Å². The number of alkyl halides is 3. The first-order valence-corrected chi connectivity index (χ1v) is 9.32. The van der Waals surface area contributed by atoms with E-state index < -0.39 is 12.8 Å². The van der Waals surface area contributed by atoms with Crippen molar-refractivity contribution in [3.8, 4) is 0 Å². The summed E-state index contributed by atoms with van der Waals surface area (Å²) < 4.78 is 51.8. The molecule has 0 aromatic heterocycles. The Bertz CT molecular complexity index is 595. The van der Waals surface area contributed by atoms with E-state index in [0.29, 0.717) is 31.3 Å². The van der Waals surface area contributed by atoms with Crippen LogP contribution in [0.4, 0.5) is 13.2 Å². The van der Waals surface area contributed by atoms with Gasteiger partial charge in [-0.05, 0) is 24.0 Å². The van der Waals surface area contributed by atoms with Gasteiger partial charge in [-0.15, -0.1) is 24.0 Å². The normalized spacial score (nSPS) is 17.1. The van der Waals surface area contributed by atoms with Crippen molar-refractivity contribution in [2.45, 2.75) is 38.3 Å². The lowest BCUT2D eigenvalue weighted by atomic mass is 10.1. The number of benzene rings is 1. The standard InChI is InChI=1S/C19H28F3N3O3.HI/c1-23-18(24-8-2-9-28-17-7-10-26-13-17)25-11-15-3-5-16(6-4-15)12-27-14-19(20,21)22;/h3-6,17H,2,7-14H2,1H3,(H2,23,24,25);1H. The summed E-state index contributed by atoms with van der Waals surface area (Å²) in [5, 5.41) is 6.42. The van der Waals surface area contributed by atoms with Crippen LogP contribution in [-0.2, 0) is 27.4 Å². The van der Waals surface area contributed by atoms with Crippen molar-refractivity contribution in [2.24, 2.45) is 4.99 Å². The van der Waals surface area contributed by atoms with Crippen molar-refractivity contribution in [3.63, 3.8) is 0 Å². The molecule has 0 bridgehead atoms. The van der Waals surface area contributed by atoms with Crippen LogP contribution < -0.4 is 10.6 Å². The Morgan fingerprint density at radius 3 is 2.55 bits per heavy atom. The molecule has 1 aliphatic rings. The van der Waals surface area contributed by atoms with Crippen molar-refractivity contribution in [2.75, 3.05) is 40.0 Å². The van der Waals surface area contributed by atoms with Gasteiger partial charge in [0.05, 0.1) is 19.3 Å². The van der Waals surface area contributed by atoms with E-state index in [1.54, 1.807) is 19.2 Å². The van der Waals surface area contributed by atoms with E-state index in [4.69, 9.17) is 9.47 Å². The van der Waals surface area contributed by atoms with E-state index in [1.165, 1.54) is 0 Å². The highest BCUT2D eigenvalue weighted by Gasteiger charge is 2.27. The largest absolute Gasteiger partial charge is 0.411 e. The van der Waals surface area contributed by atoms with Gasteiger partial charge in [0.2, 0.25) is 0 Å². The predicted molar refractivity (Wildman–Crippen MR) is 116 cm³/mol. The summed E-state index contributed by atoms with van der Waals surface area (Å²) in [6, 6.07) is 7.22. The third-order valence-electron chi connectivity index (χ3n) is 4.10. The molecular formula is C19H29F3IN3O3.